The highest BCUT2D eigenvalue weighted by Crippen LogP contribution is 2.34. The Labute approximate surface area is 121 Å². The molecule has 1 aromatic rings. The number of nitro groups is 1. The van der Waals surface area contributed by atoms with Crippen molar-refractivity contribution in [1.82, 2.24) is 0 Å². The first-order chi connectivity index (χ1) is 8.99. The fraction of sp³-hybridized carbons (Fsp3) is 0.538. The lowest BCUT2D eigenvalue weighted by molar-refractivity contribution is -0.384. The van der Waals surface area contributed by atoms with Crippen LogP contribution in [0.1, 0.15) is 19.8 Å². The Morgan fingerprint density at radius 1 is 1.58 bits per heavy atom. The van der Waals surface area contributed by atoms with Crippen LogP contribution in [-0.4, -0.2) is 24.1 Å². The second kappa shape index (κ2) is 5.88. The molecular weight excluding hydrogens is 310 g/mol. The van der Waals surface area contributed by atoms with Crippen LogP contribution in [0.25, 0.3) is 0 Å². The van der Waals surface area contributed by atoms with E-state index in [-0.39, 0.29) is 16.7 Å². The summed E-state index contributed by atoms with van der Waals surface area (Å²) in [6.45, 7) is 3.64. The monoisotopic (exact) mass is 327 g/mol. The van der Waals surface area contributed by atoms with Crippen molar-refractivity contribution < 1.29 is 4.92 Å². The Balaban J connectivity index is 2.30. The lowest BCUT2D eigenvalue weighted by Gasteiger charge is -2.35. The number of hydrogen-bond donors (Lipinski definition) is 1. The van der Waals surface area contributed by atoms with Crippen LogP contribution < -0.4 is 10.6 Å². The molecule has 1 aliphatic heterocycles. The van der Waals surface area contributed by atoms with E-state index in [2.05, 4.69) is 20.8 Å². The molecule has 0 aromatic heterocycles. The smallest absolute Gasteiger partial charge is 0.292 e. The van der Waals surface area contributed by atoms with Crippen molar-refractivity contribution in [3.8, 4) is 0 Å². The highest BCUT2D eigenvalue weighted by molar-refractivity contribution is 9.10. The second-order valence-corrected chi connectivity index (χ2v) is 6.01. The molecule has 5 nitrogen and oxygen atoms in total. The summed E-state index contributed by atoms with van der Waals surface area (Å²) < 4.78 is 0.857. The molecule has 1 saturated heterocycles. The van der Waals surface area contributed by atoms with Crippen molar-refractivity contribution in [3.63, 3.8) is 0 Å². The Morgan fingerprint density at radius 3 is 2.95 bits per heavy atom. The summed E-state index contributed by atoms with van der Waals surface area (Å²) in [4.78, 5) is 12.9. The van der Waals surface area contributed by atoms with Gasteiger partial charge in [0.05, 0.1) is 4.92 Å². The average Bonchev–Trinajstić information content (AvgIpc) is 2.38. The van der Waals surface area contributed by atoms with E-state index in [4.69, 9.17) is 5.73 Å². The summed E-state index contributed by atoms with van der Waals surface area (Å²) >= 11 is 3.38. The Morgan fingerprint density at radius 2 is 2.32 bits per heavy atom. The van der Waals surface area contributed by atoms with Crippen LogP contribution in [0.15, 0.2) is 22.7 Å². The van der Waals surface area contributed by atoms with E-state index in [1.165, 1.54) is 0 Å². The number of piperidine rings is 1. The molecule has 0 bridgehead atoms. The quantitative estimate of drug-likeness (QED) is 0.684. The SMILES string of the molecule is CC(N)C1CCCN(c2cc(Br)ccc2[N+](=O)[O-])C1. The van der Waals surface area contributed by atoms with Gasteiger partial charge in [0.1, 0.15) is 5.69 Å². The van der Waals surface area contributed by atoms with Crippen LogP contribution in [0, 0.1) is 16.0 Å². The molecule has 0 radical (unpaired) electrons. The molecular formula is C13H18BrN3O2. The highest BCUT2D eigenvalue weighted by atomic mass is 79.9. The maximum absolute atomic E-state index is 11.1. The lowest BCUT2D eigenvalue weighted by atomic mass is 9.92. The third-order valence-corrected chi connectivity index (χ3v) is 4.17. The van der Waals surface area contributed by atoms with Gasteiger partial charge in [0.25, 0.3) is 5.69 Å². The second-order valence-electron chi connectivity index (χ2n) is 5.10. The molecule has 0 amide bonds. The lowest BCUT2D eigenvalue weighted by Crippen LogP contribution is -2.42. The standard InChI is InChI=1S/C13H18BrN3O2/c1-9(15)10-3-2-6-16(8-10)13-7-11(14)4-5-12(13)17(18)19/h4-5,7,9-10H,2-3,6,8,15H2,1H3. The zero-order valence-electron chi connectivity index (χ0n) is 10.9. The molecule has 6 heteroatoms. The first kappa shape index (κ1) is 14.3. The first-order valence-corrected chi connectivity index (χ1v) is 7.23. The number of anilines is 1. The minimum Gasteiger partial charge on any atom is -0.366 e. The number of halogens is 1. The largest absolute Gasteiger partial charge is 0.366 e. The average molecular weight is 328 g/mol. The molecule has 2 rings (SSSR count). The van der Waals surface area contributed by atoms with Gasteiger partial charge in [-0.3, -0.25) is 10.1 Å². The number of nitrogens with zero attached hydrogens (tertiary/aromatic N) is 2. The van der Waals surface area contributed by atoms with E-state index in [9.17, 15) is 10.1 Å². The number of rotatable bonds is 3. The van der Waals surface area contributed by atoms with Gasteiger partial charge >= 0.3 is 0 Å². The van der Waals surface area contributed by atoms with Crippen molar-refractivity contribution >= 4 is 27.3 Å². The van der Waals surface area contributed by atoms with Crippen LogP contribution in [-0.2, 0) is 0 Å². The summed E-state index contributed by atoms with van der Waals surface area (Å²) in [7, 11) is 0. The molecule has 0 aliphatic carbocycles. The van der Waals surface area contributed by atoms with Crippen molar-refractivity contribution in [1.29, 1.82) is 0 Å². The summed E-state index contributed by atoms with van der Waals surface area (Å²) in [5.74, 6) is 0.396. The van der Waals surface area contributed by atoms with Crippen molar-refractivity contribution in [2.24, 2.45) is 11.7 Å². The van der Waals surface area contributed by atoms with Gasteiger partial charge in [-0.2, -0.15) is 0 Å². The summed E-state index contributed by atoms with van der Waals surface area (Å²) in [6, 6.07) is 5.19. The predicted molar refractivity (Wildman–Crippen MR) is 79.4 cm³/mol. The number of nitro benzene ring substituents is 1. The normalized spacial score (nSPS) is 21.2. The fourth-order valence-corrected chi connectivity index (χ4v) is 2.91. The zero-order chi connectivity index (χ0) is 14.0. The van der Waals surface area contributed by atoms with Gasteiger partial charge < -0.3 is 10.6 Å². The van der Waals surface area contributed by atoms with Crippen molar-refractivity contribution in [2.75, 3.05) is 18.0 Å². The molecule has 1 aliphatic rings. The van der Waals surface area contributed by atoms with E-state index in [0.717, 1.165) is 30.4 Å². The molecule has 2 atom stereocenters. The number of nitrogens with two attached hydrogens (primary N) is 1. The van der Waals surface area contributed by atoms with Crippen molar-refractivity contribution in [3.05, 3.63) is 32.8 Å². The van der Waals surface area contributed by atoms with Crippen LogP contribution in [0.2, 0.25) is 0 Å². The van der Waals surface area contributed by atoms with E-state index < -0.39 is 0 Å². The van der Waals surface area contributed by atoms with Crippen LogP contribution in [0.3, 0.4) is 0 Å². The summed E-state index contributed by atoms with van der Waals surface area (Å²) in [5.41, 5.74) is 6.81. The molecule has 2 unspecified atom stereocenters. The topological polar surface area (TPSA) is 72.4 Å². The maximum Gasteiger partial charge on any atom is 0.292 e. The third kappa shape index (κ3) is 3.25. The molecule has 104 valence electrons. The first-order valence-electron chi connectivity index (χ1n) is 6.43. The molecule has 0 saturated carbocycles. The predicted octanol–water partition coefficient (Wildman–Crippen LogP) is 2.92. The number of benzene rings is 1. The molecule has 1 fully saturated rings. The van der Waals surface area contributed by atoms with Gasteiger partial charge in [-0.15, -0.1) is 0 Å². The van der Waals surface area contributed by atoms with Gasteiger partial charge in [0.2, 0.25) is 0 Å². The zero-order valence-corrected chi connectivity index (χ0v) is 12.5. The molecule has 19 heavy (non-hydrogen) atoms. The minimum absolute atomic E-state index is 0.119. The van der Waals surface area contributed by atoms with Gasteiger partial charge in [0, 0.05) is 29.7 Å². The third-order valence-electron chi connectivity index (χ3n) is 3.68. The Kier molecular flexibility index (Phi) is 4.42. The number of hydrogen-bond acceptors (Lipinski definition) is 4. The molecule has 2 N–H and O–H groups in total. The van der Waals surface area contributed by atoms with Crippen LogP contribution in [0.5, 0.6) is 0 Å². The van der Waals surface area contributed by atoms with E-state index >= 15 is 0 Å². The molecule has 0 spiro atoms. The minimum atomic E-state index is -0.322. The fourth-order valence-electron chi connectivity index (χ4n) is 2.56. The molecule has 1 heterocycles. The molecule has 1 aromatic carbocycles. The Bertz CT molecular complexity index is 479. The Hall–Kier alpha value is -1.14. The summed E-state index contributed by atoms with van der Waals surface area (Å²) in [5, 5.41) is 11.1. The maximum atomic E-state index is 11.1. The van der Waals surface area contributed by atoms with E-state index in [1.54, 1.807) is 12.1 Å². The van der Waals surface area contributed by atoms with E-state index in [1.807, 2.05) is 13.0 Å². The van der Waals surface area contributed by atoms with Gasteiger partial charge in [0.15, 0.2) is 0 Å². The van der Waals surface area contributed by atoms with Crippen LogP contribution >= 0.6 is 15.9 Å². The van der Waals surface area contributed by atoms with Crippen molar-refractivity contribution in [2.45, 2.75) is 25.8 Å². The van der Waals surface area contributed by atoms with Gasteiger partial charge in [-0.1, -0.05) is 15.9 Å². The van der Waals surface area contributed by atoms with Gasteiger partial charge in [-0.25, -0.2) is 0 Å². The van der Waals surface area contributed by atoms with Gasteiger partial charge in [-0.05, 0) is 37.8 Å². The summed E-state index contributed by atoms with van der Waals surface area (Å²) in [6.07, 6.45) is 2.12. The highest BCUT2D eigenvalue weighted by Gasteiger charge is 2.27. The van der Waals surface area contributed by atoms with E-state index in [0.29, 0.717) is 11.6 Å². The van der Waals surface area contributed by atoms with Crippen LogP contribution in [0.4, 0.5) is 11.4 Å².